The Hall–Kier alpha value is -2.08. The van der Waals surface area contributed by atoms with Crippen molar-refractivity contribution in [3.05, 3.63) is 53.5 Å². The molecule has 6 heteroatoms. The van der Waals surface area contributed by atoms with E-state index in [0.29, 0.717) is 17.9 Å². The van der Waals surface area contributed by atoms with Gasteiger partial charge in [0.1, 0.15) is 5.82 Å². The minimum Gasteiger partial charge on any atom is -0.372 e. The van der Waals surface area contributed by atoms with Crippen LogP contribution in [0.5, 0.6) is 0 Å². The minimum atomic E-state index is -0.801. The Labute approximate surface area is 128 Å². The van der Waals surface area contributed by atoms with Crippen molar-refractivity contribution in [2.24, 2.45) is 0 Å². The number of halogens is 2. The van der Waals surface area contributed by atoms with Crippen molar-refractivity contribution in [3.63, 3.8) is 0 Å². The van der Waals surface area contributed by atoms with E-state index >= 15 is 0 Å². The average molecular weight is 304 g/mol. The Bertz CT molecular complexity index is 662. The zero-order chi connectivity index (χ0) is 15.5. The first-order valence-electron chi connectivity index (χ1n) is 7.35. The molecular formula is C16H18F2N4. The maximum absolute atomic E-state index is 13.9. The number of anilines is 1. The Balaban J connectivity index is 1.82. The summed E-state index contributed by atoms with van der Waals surface area (Å²) in [7, 11) is 1.79. The van der Waals surface area contributed by atoms with E-state index in [1.165, 1.54) is 0 Å². The number of likely N-dealkylation sites (tertiary alicyclic amines) is 1. The molecule has 1 saturated heterocycles. The van der Waals surface area contributed by atoms with Crippen molar-refractivity contribution in [1.29, 1.82) is 0 Å². The van der Waals surface area contributed by atoms with Gasteiger partial charge in [-0.15, -0.1) is 0 Å². The van der Waals surface area contributed by atoms with Crippen LogP contribution in [-0.2, 0) is 6.54 Å². The molecule has 4 nitrogen and oxygen atoms in total. The second kappa shape index (κ2) is 6.36. The molecule has 2 heterocycles. The molecule has 1 aliphatic rings. The zero-order valence-corrected chi connectivity index (χ0v) is 12.4. The van der Waals surface area contributed by atoms with Gasteiger partial charge in [-0.2, -0.15) is 0 Å². The molecule has 1 N–H and O–H groups in total. The molecule has 1 aromatic heterocycles. The maximum Gasteiger partial charge on any atom is 0.163 e. The molecule has 0 amide bonds. The number of benzene rings is 1. The first kappa shape index (κ1) is 14.8. The molecule has 3 rings (SSSR count). The SMILES string of the molecule is CNc1cncc(C2CCCN2Cc2cccc(F)c2F)n1. The van der Waals surface area contributed by atoms with Gasteiger partial charge in [0.25, 0.3) is 0 Å². The molecule has 1 fully saturated rings. The monoisotopic (exact) mass is 304 g/mol. The molecule has 1 aromatic carbocycles. The van der Waals surface area contributed by atoms with Crippen LogP contribution >= 0.6 is 0 Å². The standard InChI is InChI=1S/C16H18F2N4/c1-19-15-9-20-8-13(21-15)14-6-3-7-22(14)10-11-4-2-5-12(17)16(11)18/h2,4-5,8-9,14H,3,6-7,10H2,1H3,(H,19,21). The number of hydrogen-bond acceptors (Lipinski definition) is 4. The summed E-state index contributed by atoms with van der Waals surface area (Å²) in [5.41, 5.74) is 1.24. The Morgan fingerprint density at radius 2 is 2.18 bits per heavy atom. The Morgan fingerprint density at radius 3 is 3.00 bits per heavy atom. The summed E-state index contributed by atoms with van der Waals surface area (Å²) >= 11 is 0. The lowest BCUT2D eigenvalue weighted by atomic mass is 10.1. The molecule has 1 unspecified atom stereocenters. The van der Waals surface area contributed by atoms with Crippen molar-refractivity contribution >= 4 is 5.82 Å². The number of rotatable bonds is 4. The molecule has 22 heavy (non-hydrogen) atoms. The molecule has 1 aliphatic heterocycles. The third-order valence-corrected chi connectivity index (χ3v) is 4.02. The summed E-state index contributed by atoms with van der Waals surface area (Å²) in [6.07, 6.45) is 5.35. The highest BCUT2D eigenvalue weighted by Crippen LogP contribution is 2.32. The van der Waals surface area contributed by atoms with Crippen LogP contribution in [0.3, 0.4) is 0 Å². The van der Waals surface area contributed by atoms with Crippen LogP contribution in [0.15, 0.2) is 30.6 Å². The van der Waals surface area contributed by atoms with Crippen molar-refractivity contribution < 1.29 is 8.78 Å². The molecule has 1 atom stereocenters. The largest absolute Gasteiger partial charge is 0.372 e. The second-order valence-electron chi connectivity index (χ2n) is 5.42. The molecule has 0 bridgehead atoms. The van der Waals surface area contributed by atoms with Gasteiger partial charge in [0, 0.05) is 19.2 Å². The summed E-state index contributed by atoms with van der Waals surface area (Å²) in [5, 5.41) is 2.97. The molecular weight excluding hydrogens is 286 g/mol. The zero-order valence-electron chi connectivity index (χ0n) is 12.4. The lowest BCUT2D eigenvalue weighted by Gasteiger charge is -2.24. The lowest BCUT2D eigenvalue weighted by molar-refractivity contribution is 0.239. The van der Waals surface area contributed by atoms with E-state index in [4.69, 9.17) is 0 Å². The van der Waals surface area contributed by atoms with Gasteiger partial charge in [0.2, 0.25) is 0 Å². The van der Waals surface area contributed by atoms with Gasteiger partial charge in [0.15, 0.2) is 11.6 Å². The Kier molecular flexibility index (Phi) is 4.29. The summed E-state index contributed by atoms with van der Waals surface area (Å²) < 4.78 is 27.2. The Morgan fingerprint density at radius 1 is 1.32 bits per heavy atom. The third kappa shape index (κ3) is 2.92. The van der Waals surface area contributed by atoms with Crippen LogP contribution in [0.1, 0.15) is 30.1 Å². The predicted molar refractivity (Wildman–Crippen MR) is 80.3 cm³/mol. The van der Waals surface area contributed by atoms with Crippen molar-refractivity contribution in [1.82, 2.24) is 14.9 Å². The fourth-order valence-corrected chi connectivity index (χ4v) is 2.90. The van der Waals surface area contributed by atoms with Gasteiger partial charge in [-0.25, -0.2) is 13.8 Å². The molecule has 0 aliphatic carbocycles. The van der Waals surface area contributed by atoms with Gasteiger partial charge in [-0.05, 0) is 25.5 Å². The normalized spacial score (nSPS) is 18.6. The highest BCUT2D eigenvalue weighted by molar-refractivity contribution is 5.31. The minimum absolute atomic E-state index is 0.0865. The smallest absolute Gasteiger partial charge is 0.163 e. The third-order valence-electron chi connectivity index (χ3n) is 4.02. The van der Waals surface area contributed by atoms with E-state index in [1.54, 1.807) is 31.6 Å². The van der Waals surface area contributed by atoms with Crippen LogP contribution in [0.25, 0.3) is 0 Å². The van der Waals surface area contributed by atoms with Crippen LogP contribution in [0.2, 0.25) is 0 Å². The van der Waals surface area contributed by atoms with E-state index in [0.717, 1.165) is 31.1 Å². The number of aromatic nitrogens is 2. The van der Waals surface area contributed by atoms with Crippen molar-refractivity contribution in [2.75, 3.05) is 18.9 Å². The van der Waals surface area contributed by atoms with E-state index < -0.39 is 11.6 Å². The quantitative estimate of drug-likeness (QED) is 0.942. The molecule has 0 radical (unpaired) electrons. The molecule has 116 valence electrons. The fraction of sp³-hybridized carbons (Fsp3) is 0.375. The summed E-state index contributed by atoms with van der Waals surface area (Å²) in [6.45, 7) is 1.21. The number of nitrogens with zero attached hydrogens (tertiary/aromatic N) is 3. The fourth-order valence-electron chi connectivity index (χ4n) is 2.90. The first-order valence-corrected chi connectivity index (χ1v) is 7.35. The topological polar surface area (TPSA) is 41.1 Å². The van der Waals surface area contributed by atoms with Gasteiger partial charge < -0.3 is 5.32 Å². The first-order chi connectivity index (χ1) is 10.7. The maximum atomic E-state index is 13.9. The lowest BCUT2D eigenvalue weighted by Crippen LogP contribution is -2.24. The van der Waals surface area contributed by atoms with Crippen LogP contribution in [-0.4, -0.2) is 28.5 Å². The van der Waals surface area contributed by atoms with Crippen molar-refractivity contribution in [2.45, 2.75) is 25.4 Å². The number of hydrogen-bond donors (Lipinski definition) is 1. The van der Waals surface area contributed by atoms with Crippen LogP contribution in [0, 0.1) is 11.6 Å². The van der Waals surface area contributed by atoms with Crippen LogP contribution in [0.4, 0.5) is 14.6 Å². The highest BCUT2D eigenvalue weighted by Gasteiger charge is 2.28. The van der Waals surface area contributed by atoms with E-state index in [-0.39, 0.29) is 6.04 Å². The van der Waals surface area contributed by atoms with Gasteiger partial charge >= 0.3 is 0 Å². The highest BCUT2D eigenvalue weighted by atomic mass is 19.2. The average Bonchev–Trinajstić information content (AvgIpc) is 3.00. The summed E-state index contributed by atoms with van der Waals surface area (Å²) in [4.78, 5) is 10.8. The second-order valence-corrected chi connectivity index (χ2v) is 5.42. The summed E-state index contributed by atoms with van der Waals surface area (Å²) in [5.74, 6) is -0.852. The van der Waals surface area contributed by atoms with Crippen molar-refractivity contribution in [3.8, 4) is 0 Å². The van der Waals surface area contributed by atoms with E-state index in [2.05, 4.69) is 20.2 Å². The van der Waals surface area contributed by atoms with Gasteiger partial charge in [0.05, 0.1) is 24.1 Å². The molecule has 0 saturated carbocycles. The van der Waals surface area contributed by atoms with Gasteiger partial charge in [-0.3, -0.25) is 9.88 Å². The van der Waals surface area contributed by atoms with Crippen LogP contribution < -0.4 is 5.32 Å². The summed E-state index contributed by atoms with van der Waals surface area (Å²) in [6, 6.07) is 4.40. The molecule has 2 aromatic rings. The predicted octanol–water partition coefficient (Wildman–Crippen LogP) is 3.13. The molecule has 0 spiro atoms. The van der Waals surface area contributed by atoms with E-state index in [9.17, 15) is 8.78 Å². The van der Waals surface area contributed by atoms with E-state index in [1.807, 2.05) is 0 Å². The van der Waals surface area contributed by atoms with Gasteiger partial charge in [-0.1, -0.05) is 12.1 Å². The number of nitrogens with one attached hydrogen (secondary N) is 1.